The summed E-state index contributed by atoms with van der Waals surface area (Å²) in [4.78, 5) is 16.2. The summed E-state index contributed by atoms with van der Waals surface area (Å²) in [5.41, 5.74) is 0.387. The van der Waals surface area contributed by atoms with E-state index in [0.29, 0.717) is 10.7 Å². The Balaban J connectivity index is 1.92. The van der Waals surface area contributed by atoms with Crippen LogP contribution in [0.25, 0.3) is 0 Å². The monoisotopic (exact) mass is 342 g/mol. The summed E-state index contributed by atoms with van der Waals surface area (Å²) in [5.74, 6) is -0.614. The van der Waals surface area contributed by atoms with Crippen LogP contribution in [0, 0.1) is 0 Å². The van der Waals surface area contributed by atoms with E-state index in [1.807, 2.05) is 6.07 Å². The molecule has 0 aliphatic rings. The lowest BCUT2D eigenvalue weighted by Crippen LogP contribution is -2.22. The number of rotatable bonds is 5. The van der Waals surface area contributed by atoms with Crippen molar-refractivity contribution in [1.82, 2.24) is 4.98 Å². The fourth-order valence-electron chi connectivity index (χ4n) is 1.64. The van der Waals surface area contributed by atoms with Crippen LogP contribution >= 0.6 is 11.8 Å². The lowest BCUT2D eigenvalue weighted by Gasteiger charge is -2.12. The van der Waals surface area contributed by atoms with Gasteiger partial charge in [-0.25, -0.2) is 4.98 Å². The summed E-state index contributed by atoms with van der Waals surface area (Å²) in [7, 11) is 0. The highest BCUT2D eigenvalue weighted by molar-refractivity contribution is 8.00. The summed E-state index contributed by atoms with van der Waals surface area (Å²) in [6.45, 7) is 1.72. The van der Waals surface area contributed by atoms with Gasteiger partial charge < -0.3 is 10.1 Å². The number of benzene rings is 1. The van der Waals surface area contributed by atoms with Gasteiger partial charge in [-0.1, -0.05) is 17.8 Å². The Morgan fingerprint density at radius 1 is 1.22 bits per heavy atom. The highest BCUT2D eigenvalue weighted by atomic mass is 32.2. The van der Waals surface area contributed by atoms with E-state index >= 15 is 0 Å². The molecule has 8 heteroatoms. The first-order chi connectivity index (χ1) is 10.8. The van der Waals surface area contributed by atoms with E-state index in [1.165, 1.54) is 23.9 Å². The second-order valence-corrected chi connectivity index (χ2v) is 5.85. The van der Waals surface area contributed by atoms with Gasteiger partial charge in [0.2, 0.25) is 5.91 Å². The van der Waals surface area contributed by atoms with E-state index in [0.717, 1.165) is 12.1 Å². The summed E-state index contributed by atoms with van der Waals surface area (Å²) < 4.78 is 40.0. The van der Waals surface area contributed by atoms with Gasteiger partial charge >= 0.3 is 6.36 Å². The maximum absolute atomic E-state index is 12.1. The van der Waals surface area contributed by atoms with Crippen molar-refractivity contribution in [3.05, 3.63) is 48.7 Å². The number of pyridine rings is 1. The number of nitrogens with zero attached hydrogens (tertiary/aromatic N) is 1. The van der Waals surface area contributed by atoms with Crippen LogP contribution in [-0.2, 0) is 4.79 Å². The third kappa shape index (κ3) is 5.82. The fraction of sp³-hybridized carbons (Fsp3) is 0.200. The minimum atomic E-state index is -4.74. The number of carbonyl (C=O) groups excluding carboxylic acids is 1. The highest BCUT2D eigenvalue weighted by Crippen LogP contribution is 2.25. The highest BCUT2D eigenvalue weighted by Gasteiger charge is 2.31. The molecule has 2 aromatic rings. The molecule has 0 unspecified atom stereocenters. The average Bonchev–Trinajstić information content (AvgIpc) is 2.48. The molecule has 4 nitrogen and oxygen atoms in total. The van der Waals surface area contributed by atoms with Crippen LogP contribution in [0.2, 0.25) is 0 Å². The molecule has 122 valence electrons. The van der Waals surface area contributed by atoms with Crippen LogP contribution in [0.4, 0.5) is 18.9 Å². The van der Waals surface area contributed by atoms with Crippen molar-refractivity contribution in [2.75, 3.05) is 5.32 Å². The first kappa shape index (κ1) is 17.1. The lowest BCUT2D eigenvalue weighted by atomic mass is 10.3. The quantitative estimate of drug-likeness (QED) is 0.831. The molecule has 23 heavy (non-hydrogen) atoms. The van der Waals surface area contributed by atoms with Gasteiger partial charge in [-0.05, 0) is 43.3 Å². The number of alkyl halides is 3. The SMILES string of the molecule is C[C@@H](Sc1ccccn1)C(=O)Nc1ccc(OC(F)(F)F)cc1. The Morgan fingerprint density at radius 3 is 2.48 bits per heavy atom. The van der Waals surface area contributed by atoms with Gasteiger partial charge in [0.15, 0.2) is 0 Å². The largest absolute Gasteiger partial charge is 0.573 e. The molecule has 1 aromatic heterocycles. The van der Waals surface area contributed by atoms with Crippen LogP contribution in [0.15, 0.2) is 53.7 Å². The van der Waals surface area contributed by atoms with Crippen molar-refractivity contribution in [3.63, 3.8) is 0 Å². The Kier molecular flexibility index (Phi) is 5.49. The zero-order valence-electron chi connectivity index (χ0n) is 12.0. The molecular weight excluding hydrogens is 329 g/mol. The second kappa shape index (κ2) is 7.36. The second-order valence-electron chi connectivity index (χ2n) is 4.49. The predicted molar refractivity (Wildman–Crippen MR) is 81.3 cm³/mol. The molecule has 0 saturated heterocycles. The van der Waals surface area contributed by atoms with Crippen molar-refractivity contribution < 1.29 is 22.7 Å². The molecule has 0 spiro atoms. The number of nitrogens with one attached hydrogen (secondary N) is 1. The van der Waals surface area contributed by atoms with Crippen LogP contribution in [-0.4, -0.2) is 22.5 Å². The van der Waals surface area contributed by atoms with Gasteiger partial charge in [-0.2, -0.15) is 0 Å². The van der Waals surface area contributed by atoms with E-state index < -0.39 is 11.6 Å². The number of hydrogen-bond acceptors (Lipinski definition) is 4. The maximum atomic E-state index is 12.1. The van der Waals surface area contributed by atoms with Gasteiger partial charge in [0.05, 0.1) is 10.3 Å². The van der Waals surface area contributed by atoms with E-state index in [9.17, 15) is 18.0 Å². The van der Waals surface area contributed by atoms with Gasteiger partial charge in [0, 0.05) is 11.9 Å². The first-order valence-corrected chi connectivity index (χ1v) is 7.46. The van der Waals surface area contributed by atoms with Gasteiger partial charge in [-0.3, -0.25) is 4.79 Å². The number of aromatic nitrogens is 1. The van der Waals surface area contributed by atoms with E-state index in [2.05, 4.69) is 15.0 Å². The van der Waals surface area contributed by atoms with Crippen molar-refractivity contribution >= 4 is 23.4 Å². The van der Waals surface area contributed by atoms with Crippen molar-refractivity contribution in [3.8, 4) is 5.75 Å². The minimum Gasteiger partial charge on any atom is -0.406 e. The first-order valence-electron chi connectivity index (χ1n) is 6.58. The van der Waals surface area contributed by atoms with Crippen LogP contribution in [0.3, 0.4) is 0 Å². The third-order valence-corrected chi connectivity index (χ3v) is 3.71. The molecule has 0 aliphatic heterocycles. The molecular formula is C15H13F3N2O2S. The molecule has 2 rings (SSSR count). The average molecular weight is 342 g/mol. The number of amides is 1. The van der Waals surface area contributed by atoms with Crippen molar-refractivity contribution in [1.29, 1.82) is 0 Å². The van der Waals surface area contributed by atoms with Gasteiger partial charge in [0.25, 0.3) is 0 Å². The Labute approximate surface area is 135 Å². The smallest absolute Gasteiger partial charge is 0.406 e. The maximum Gasteiger partial charge on any atom is 0.573 e. The van der Waals surface area contributed by atoms with Crippen molar-refractivity contribution in [2.45, 2.75) is 23.6 Å². The topological polar surface area (TPSA) is 51.2 Å². The van der Waals surface area contributed by atoms with Crippen LogP contribution in [0.5, 0.6) is 5.75 Å². The van der Waals surface area contributed by atoms with Gasteiger partial charge in [0.1, 0.15) is 5.75 Å². The minimum absolute atomic E-state index is 0.273. The molecule has 1 aromatic carbocycles. The molecule has 0 radical (unpaired) electrons. The Morgan fingerprint density at radius 2 is 1.91 bits per heavy atom. The molecule has 0 aliphatic carbocycles. The van der Waals surface area contributed by atoms with Crippen LogP contribution in [0.1, 0.15) is 6.92 Å². The summed E-state index contributed by atoms with van der Waals surface area (Å²) >= 11 is 1.29. The molecule has 1 heterocycles. The zero-order valence-corrected chi connectivity index (χ0v) is 12.8. The lowest BCUT2D eigenvalue weighted by molar-refractivity contribution is -0.274. The number of ether oxygens (including phenoxy) is 1. The molecule has 0 fully saturated rings. The molecule has 1 atom stereocenters. The van der Waals surface area contributed by atoms with E-state index in [4.69, 9.17) is 0 Å². The number of carbonyl (C=O) groups is 1. The van der Waals surface area contributed by atoms with Crippen LogP contribution < -0.4 is 10.1 Å². The van der Waals surface area contributed by atoms with Gasteiger partial charge in [-0.15, -0.1) is 13.2 Å². The predicted octanol–water partition coefficient (Wildman–Crippen LogP) is 4.10. The number of thioether (sulfide) groups is 1. The third-order valence-electron chi connectivity index (χ3n) is 2.66. The molecule has 1 N–H and O–H groups in total. The number of hydrogen-bond donors (Lipinski definition) is 1. The summed E-state index contributed by atoms with van der Waals surface area (Å²) in [6.07, 6.45) is -3.11. The van der Waals surface area contributed by atoms with Crippen molar-refractivity contribution in [2.24, 2.45) is 0 Å². The zero-order chi connectivity index (χ0) is 16.9. The summed E-state index contributed by atoms with van der Waals surface area (Å²) in [5, 5.41) is 2.93. The normalized spacial score (nSPS) is 12.5. The standard InChI is InChI=1S/C15H13F3N2O2S/c1-10(23-13-4-2-3-9-19-13)14(21)20-11-5-7-12(8-6-11)22-15(16,17)18/h2-10H,1H3,(H,20,21)/t10-/m1/s1. The number of halogens is 3. The molecule has 1 amide bonds. The molecule has 0 saturated carbocycles. The molecule has 0 bridgehead atoms. The summed E-state index contributed by atoms with van der Waals surface area (Å²) in [6, 6.07) is 10.4. The fourth-order valence-corrected chi connectivity index (χ4v) is 2.44. The number of anilines is 1. The van der Waals surface area contributed by atoms with E-state index in [-0.39, 0.29) is 11.7 Å². The Bertz CT molecular complexity index is 648. The van der Waals surface area contributed by atoms with E-state index in [1.54, 1.807) is 25.3 Å². The Hall–Kier alpha value is -2.22.